The number of methoxy groups -OCH3 is 1. The second-order valence-corrected chi connectivity index (χ2v) is 11.9. The molecule has 0 bridgehead atoms. The first-order valence-electron chi connectivity index (χ1n) is 10.0. The molecule has 194 valence electrons. The summed E-state index contributed by atoms with van der Waals surface area (Å²) in [6, 6.07) is 11.4. The van der Waals surface area contributed by atoms with Gasteiger partial charge in [-0.25, -0.2) is 0 Å². The molecule has 0 saturated heterocycles. The lowest BCUT2D eigenvalue weighted by atomic mass is 10.0. The molecular formula is C22H22O11S3. The second-order valence-electron chi connectivity index (χ2n) is 7.75. The van der Waals surface area contributed by atoms with Crippen LogP contribution in [0, 0.1) is 6.92 Å². The highest BCUT2D eigenvalue weighted by molar-refractivity contribution is 7.86. The van der Waals surface area contributed by atoms with Crippen molar-refractivity contribution in [1.29, 1.82) is 0 Å². The third-order valence-corrected chi connectivity index (χ3v) is 7.77. The van der Waals surface area contributed by atoms with Gasteiger partial charge in [-0.15, -0.1) is 0 Å². The van der Waals surface area contributed by atoms with Crippen LogP contribution in [0.4, 0.5) is 0 Å². The molecule has 0 unspecified atom stereocenters. The summed E-state index contributed by atoms with van der Waals surface area (Å²) in [5.74, 6) is -0.117. The largest absolute Gasteiger partial charge is 0.489 e. The number of hydrogen-bond donors (Lipinski definition) is 3. The van der Waals surface area contributed by atoms with Crippen LogP contribution in [0.15, 0.2) is 69.3 Å². The smallest absolute Gasteiger partial charge is 0.295 e. The van der Waals surface area contributed by atoms with E-state index in [0.29, 0.717) is 11.1 Å². The molecule has 36 heavy (non-hydrogen) atoms. The highest BCUT2D eigenvalue weighted by Gasteiger charge is 2.24. The number of ether oxygens (including phenoxy) is 2. The third kappa shape index (κ3) is 6.47. The first-order valence-corrected chi connectivity index (χ1v) is 14.3. The molecule has 0 aliphatic carbocycles. The summed E-state index contributed by atoms with van der Waals surface area (Å²) in [5.41, 5.74) is 0.609. The maximum absolute atomic E-state index is 12.1. The molecule has 3 N–H and O–H groups in total. The van der Waals surface area contributed by atoms with Gasteiger partial charge < -0.3 is 9.47 Å². The van der Waals surface area contributed by atoms with E-state index in [1.807, 2.05) is 0 Å². The summed E-state index contributed by atoms with van der Waals surface area (Å²) < 4.78 is 111. The van der Waals surface area contributed by atoms with Crippen molar-refractivity contribution in [2.24, 2.45) is 0 Å². The Morgan fingerprint density at radius 2 is 1.22 bits per heavy atom. The minimum atomic E-state index is -4.91. The number of aryl methyl sites for hydroxylation is 1. The van der Waals surface area contributed by atoms with Crippen LogP contribution in [0.3, 0.4) is 0 Å². The van der Waals surface area contributed by atoms with Crippen LogP contribution in [0.25, 0.3) is 11.1 Å². The van der Waals surface area contributed by atoms with Gasteiger partial charge in [-0.05, 0) is 42.3 Å². The van der Waals surface area contributed by atoms with Gasteiger partial charge in [-0.3, -0.25) is 13.7 Å². The summed E-state index contributed by atoms with van der Waals surface area (Å²) in [6.45, 7) is 1.25. The molecular weight excluding hydrogens is 536 g/mol. The quantitative estimate of drug-likeness (QED) is 0.328. The van der Waals surface area contributed by atoms with E-state index in [-0.39, 0.29) is 29.0 Å². The van der Waals surface area contributed by atoms with E-state index >= 15 is 0 Å². The van der Waals surface area contributed by atoms with Crippen LogP contribution >= 0.6 is 0 Å². The minimum absolute atomic E-state index is 0.0574. The maximum Gasteiger partial charge on any atom is 0.295 e. The van der Waals surface area contributed by atoms with Crippen LogP contribution in [-0.4, -0.2) is 46.0 Å². The summed E-state index contributed by atoms with van der Waals surface area (Å²) in [7, 11) is -12.9. The van der Waals surface area contributed by atoms with Gasteiger partial charge in [0.1, 0.15) is 27.0 Å². The van der Waals surface area contributed by atoms with Gasteiger partial charge in [0.05, 0.1) is 6.61 Å². The molecule has 0 fully saturated rings. The molecule has 0 aromatic heterocycles. The van der Waals surface area contributed by atoms with Crippen molar-refractivity contribution >= 4 is 30.4 Å². The molecule has 0 saturated carbocycles. The van der Waals surface area contributed by atoms with Crippen molar-refractivity contribution in [3.8, 4) is 16.9 Å². The van der Waals surface area contributed by atoms with Crippen molar-refractivity contribution in [2.75, 3.05) is 7.11 Å². The maximum atomic E-state index is 12.1. The van der Waals surface area contributed by atoms with Gasteiger partial charge in [-0.2, -0.15) is 25.3 Å². The summed E-state index contributed by atoms with van der Waals surface area (Å²) in [4.78, 5) is -1.70. The van der Waals surface area contributed by atoms with E-state index in [2.05, 4.69) is 0 Å². The normalized spacial score (nSPS) is 12.5. The van der Waals surface area contributed by atoms with Crippen molar-refractivity contribution in [2.45, 2.75) is 34.8 Å². The Balaban J connectivity index is 2.06. The van der Waals surface area contributed by atoms with Crippen LogP contribution in [-0.2, 0) is 48.3 Å². The van der Waals surface area contributed by atoms with E-state index < -0.39 is 51.6 Å². The Bertz CT molecular complexity index is 1630. The first-order chi connectivity index (χ1) is 16.6. The first kappa shape index (κ1) is 27.7. The van der Waals surface area contributed by atoms with Crippen molar-refractivity contribution < 1.29 is 48.4 Å². The Morgan fingerprint density at radius 1 is 0.667 bits per heavy atom. The minimum Gasteiger partial charge on any atom is -0.489 e. The van der Waals surface area contributed by atoms with E-state index in [0.717, 1.165) is 12.1 Å². The Hall–Kier alpha value is -2.85. The Morgan fingerprint density at radius 3 is 1.78 bits per heavy atom. The average Bonchev–Trinajstić information content (AvgIpc) is 2.76. The molecule has 0 heterocycles. The van der Waals surface area contributed by atoms with Crippen LogP contribution < -0.4 is 4.74 Å². The number of benzene rings is 3. The standard InChI is InChI=1S/C22H22O11S3/c1-14-3-7-18(21(9-14)35(26,27)28)19-8-6-17(11-22(19)36(29,30)31)33-13-16-5-4-15(12-32-2)10-20(16)34(23,24)25/h3-11H,12-13H2,1-2H3,(H,23,24,25)(H,26,27,28)(H,29,30,31). The molecule has 3 rings (SSSR count). The van der Waals surface area contributed by atoms with Gasteiger partial charge in [0.2, 0.25) is 0 Å². The summed E-state index contributed by atoms with van der Waals surface area (Å²) in [6.07, 6.45) is 0. The predicted octanol–water partition coefficient (Wildman–Crippen LogP) is 3.13. The fraction of sp³-hybridized carbons (Fsp3) is 0.182. The zero-order chi connectivity index (χ0) is 26.9. The number of hydrogen-bond acceptors (Lipinski definition) is 8. The van der Waals surface area contributed by atoms with Crippen molar-refractivity contribution in [3.63, 3.8) is 0 Å². The van der Waals surface area contributed by atoms with Crippen LogP contribution in [0.2, 0.25) is 0 Å². The zero-order valence-electron chi connectivity index (χ0n) is 18.9. The molecule has 0 spiro atoms. The Kier molecular flexibility index (Phi) is 7.90. The van der Waals surface area contributed by atoms with Crippen LogP contribution in [0.1, 0.15) is 16.7 Å². The predicted molar refractivity (Wildman–Crippen MR) is 128 cm³/mol. The molecule has 0 amide bonds. The van der Waals surface area contributed by atoms with Gasteiger partial charge in [0.25, 0.3) is 30.4 Å². The summed E-state index contributed by atoms with van der Waals surface area (Å²) >= 11 is 0. The molecule has 3 aromatic rings. The summed E-state index contributed by atoms with van der Waals surface area (Å²) in [5, 5.41) is 0. The lowest BCUT2D eigenvalue weighted by Crippen LogP contribution is -2.08. The fourth-order valence-electron chi connectivity index (χ4n) is 3.47. The van der Waals surface area contributed by atoms with Gasteiger partial charge >= 0.3 is 0 Å². The average molecular weight is 559 g/mol. The lowest BCUT2D eigenvalue weighted by Gasteiger charge is -2.15. The van der Waals surface area contributed by atoms with E-state index in [4.69, 9.17) is 9.47 Å². The van der Waals surface area contributed by atoms with Gasteiger partial charge in [0.15, 0.2) is 0 Å². The highest BCUT2D eigenvalue weighted by atomic mass is 32.2. The fourth-order valence-corrected chi connectivity index (χ4v) is 5.74. The van der Waals surface area contributed by atoms with E-state index in [9.17, 15) is 38.9 Å². The van der Waals surface area contributed by atoms with Crippen molar-refractivity contribution in [3.05, 3.63) is 71.3 Å². The molecule has 14 heteroatoms. The monoisotopic (exact) mass is 558 g/mol. The van der Waals surface area contributed by atoms with Crippen molar-refractivity contribution in [1.82, 2.24) is 0 Å². The molecule has 0 aliphatic rings. The van der Waals surface area contributed by atoms with E-state index in [1.54, 1.807) is 13.0 Å². The SMILES string of the molecule is COCc1ccc(COc2ccc(-c3ccc(C)cc3S(=O)(=O)O)c(S(=O)(=O)O)c2)c(S(=O)(=O)O)c1. The van der Waals surface area contributed by atoms with E-state index in [1.165, 1.54) is 43.5 Å². The molecule has 0 aliphatic heterocycles. The van der Waals surface area contributed by atoms with Gasteiger partial charge in [-0.1, -0.05) is 24.3 Å². The molecule has 3 aromatic carbocycles. The van der Waals surface area contributed by atoms with Crippen LogP contribution in [0.5, 0.6) is 5.75 Å². The molecule has 0 atom stereocenters. The third-order valence-electron chi connectivity index (χ3n) is 5.05. The lowest BCUT2D eigenvalue weighted by molar-refractivity contribution is 0.184. The number of rotatable bonds is 9. The molecule has 0 radical (unpaired) electrons. The van der Waals surface area contributed by atoms with Gasteiger partial charge in [0, 0.05) is 29.9 Å². The topological polar surface area (TPSA) is 182 Å². The zero-order valence-corrected chi connectivity index (χ0v) is 21.4. The Labute approximate surface area is 208 Å². The second kappa shape index (κ2) is 10.3. The molecule has 11 nitrogen and oxygen atoms in total. The highest BCUT2D eigenvalue weighted by Crippen LogP contribution is 2.35.